The lowest BCUT2D eigenvalue weighted by atomic mass is 10.2. The maximum Gasteiger partial charge on any atom is 0.317 e. The van der Waals surface area contributed by atoms with Gasteiger partial charge in [-0.3, -0.25) is 14.5 Å². The van der Waals surface area contributed by atoms with Crippen LogP contribution < -0.4 is 0 Å². The molecule has 4 rings (SSSR count). The van der Waals surface area contributed by atoms with E-state index in [-0.39, 0.29) is 18.3 Å². The number of aliphatic carboxylic acids is 1. The van der Waals surface area contributed by atoms with Crippen LogP contribution in [0.5, 0.6) is 0 Å². The van der Waals surface area contributed by atoms with E-state index in [4.69, 9.17) is 5.11 Å². The van der Waals surface area contributed by atoms with Gasteiger partial charge in [0.2, 0.25) is 0 Å². The Morgan fingerprint density at radius 2 is 1.66 bits per heavy atom. The zero-order valence-electron chi connectivity index (χ0n) is 15.9. The van der Waals surface area contributed by atoms with Crippen LogP contribution in [0.3, 0.4) is 0 Å². The summed E-state index contributed by atoms with van der Waals surface area (Å²) in [5, 5.41) is 9.92. The van der Waals surface area contributed by atoms with Gasteiger partial charge in [0.05, 0.1) is 6.54 Å². The number of carboxylic acid groups (broad SMARTS) is 1. The number of carbonyl (C=O) groups excluding carboxylic acids is 1. The Labute approximate surface area is 167 Å². The van der Waals surface area contributed by atoms with Gasteiger partial charge in [0.15, 0.2) is 0 Å². The minimum atomic E-state index is -0.857. The average Bonchev–Trinajstić information content (AvgIpc) is 3.08. The van der Waals surface area contributed by atoms with Crippen molar-refractivity contribution >= 4 is 22.8 Å². The highest BCUT2D eigenvalue weighted by atomic mass is 19.1. The van der Waals surface area contributed by atoms with Gasteiger partial charge < -0.3 is 14.6 Å². The molecule has 29 heavy (non-hydrogen) atoms. The number of aromatic nitrogens is 1. The number of rotatable bonds is 5. The molecule has 1 aliphatic rings. The minimum Gasteiger partial charge on any atom is -0.480 e. The first-order chi connectivity index (χ1) is 14.0. The smallest absolute Gasteiger partial charge is 0.317 e. The molecule has 0 unspecified atom stereocenters. The Balaban J connectivity index is 1.60. The number of carbonyl (C=O) groups is 2. The van der Waals surface area contributed by atoms with Crippen molar-refractivity contribution in [1.82, 2.24) is 14.4 Å². The van der Waals surface area contributed by atoms with Crippen molar-refractivity contribution < 1.29 is 19.1 Å². The van der Waals surface area contributed by atoms with Crippen LogP contribution in [0, 0.1) is 5.82 Å². The number of amides is 1. The molecule has 1 fully saturated rings. The number of halogens is 1. The second-order valence-corrected chi connectivity index (χ2v) is 7.26. The number of piperazine rings is 1. The fourth-order valence-corrected chi connectivity index (χ4v) is 3.79. The van der Waals surface area contributed by atoms with Gasteiger partial charge in [-0.15, -0.1) is 0 Å². The van der Waals surface area contributed by atoms with Crippen molar-refractivity contribution in [2.24, 2.45) is 0 Å². The van der Waals surface area contributed by atoms with Gasteiger partial charge in [0.1, 0.15) is 11.5 Å². The number of para-hydroxylation sites is 1. The van der Waals surface area contributed by atoms with E-state index in [0.29, 0.717) is 38.4 Å². The molecular formula is C22H22FN3O3. The molecule has 2 heterocycles. The summed E-state index contributed by atoms with van der Waals surface area (Å²) in [6, 6.07) is 16.0. The topological polar surface area (TPSA) is 65.8 Å². The van der Waals surface area contributed by atoms with E-state index in [2.05, 4.69) is 0 Å². The van der Waals surface area contributed by atoms with Crippen LogP contribution in [0.4, 0.5) is 4.39 Å². The van der Waals surface area contributed by atoms with E-state index in [1.54, 1.807) is 17.0 Å². The zero-order chi connectivity index (χ0) is 20.4. The lowest BCUT2D eigenvalue weighted by Gasteiger charge is -2.34. The van der Waals surface area contributed by atoms with E-state index < -0.39 is 5.97 Å². The van der Waals surface area contributed by atoms with Crippen molar-refractivity contribution in [2.45, 2.75) is 6.54 Å². The van der Waals surface area contributed by atoms with E-state index in [1.165, 1.54) is 12.1 Å². The molecule has 7 heteroatoms. The van der Waals surface area contributed by atoms with E-state index in [9.17, 15) is 14.0 Å². The fraction of sp³-hybridized carbons (Fsp3) is 0.273. The van der Waals surface area contributed by atoms with Crippen molar-refractivity contribution in [1.29, 1.82) is 0 Å². The van der Waals surface area contributed by atoms with Crippen LogP contribution >= 0.6 is 0 Å². The van der Waals surface area contributed by atoms with Gasteiger partial charge in [-0.05, 0) is 29.8 Å². The number of nitrogens with zero attached hydrogens (tertiary/aromatic N) is 3. The van der Waals surface area contributed by atoms with Crippen LogP contribution in [0.15, 0.2) is 54.6 Å². The summed E-state index contributed by atoms with van der Waals surface area (Å²) in [6.07, 6.45) is 0. The monoisotopic (exact) mass is 395 g/mol. The summed E-state index contributed by atoms with van der Waals surface area (Å²) < 4.78 is 15.2. The van der Waals surface area contributed by atoms with Crippen LogP contribution in [0.1, 0.15) is 16.1 Å². The van der Waals surface area contributed by atoms with Gasteiger partial charge in [-0.25, -0.2) is 4.39 Å². The Hall–Kier alpha value is -3.19. The lowest BCUT2D eigenvalue weighted by Crippen LogP contribution is -2.50. The Bertz CT molecular complexity index is 1040. The second-order valence-electron chi connectivity index (χ2n) is 7.26. The van der Waals surface area contributed by atoms with Crippen LogP contribution in [-0.4, -0.2) is 64.1 Å². The van der Waals surface area contributed by atoms with Crippen molar-refractivity contribution in [3.8, 4) is 0 Å². The number of hydrogen-bond acceptors (Lipinski definition) is 3. The zero-order valence-corrected chi connectivity index (χ0v) is 15.9. The number of fused-ring (bicyclic) bond motifs is 1. The molecule has 0 aliphatic carbocycles. The number of benzene rings is 2. The quantitative estimate of drug-likeness (QED) is 0.721. The third-order valence-electron chi connectivity index (χ3n) is 5.30. The molecule has 0 saturated carbocycles. The molecular weight excluding hydrogens is 373 g/mol. The van der Waals surface area contributed by atoms with Crippen molar-refractivity contribution in [3.05, 3.63) is 71.7 Å². The highest BCUT2D eigenvalue weighted by Crippen LogP contribution is 2.23. The normalized spacial score (nSPS) is 15.0. The summed E-state index contributed by atoms with van der Waals surface area (Å²) >= 11 is 0. The minimum absolute atomic E-state index is 0.00708. The Kier molecular flexibility index (Phi) is 5.31. The lowest BCUT2D eigenvalue weighted by molar-refractivity contribution is -0.138. The summed E-state index contributed by atoms with van der Waals surface area (Å²) in [5.41, 5.74) is 2.44. The molecule has 1 amide bonds. The van der Waals surface area contributed by atoms with E-state index >= 15 is 0 Å². The molecule has 0 atom stereocenters. The largest absolute Gasteiger partial charge is 0.480 e. The predicted molar refractivity (Wildman–Crippen MR) is 107 cm³/mol. The van der Waals surface area contributed by atoms with Crippen molar-refractivity contribution in [3.63, 3.8) is 0 Å². The van der Waals surface area contributed by atoms with E-state index in [1.807, 2.05) is 39.8 Å². The molecule has 0 bridgehead atoms. The molecule has 0 radical (unpaired) electrons. The summed E-state index contributed by atoms with van der Waals surface area (Å²) in [7, 11) is 0. The third kappa shape index (κ3) is 4.14. The van der Waals surface area contributed by atoms with Crippen LogP contribution in [0.2, 0.25) is 0 Å². The number of carboxylic acids is 1. The Morgan fingerprint density at radius 3 is 2.34 bits per heavy atom. The highest BCUT2D eigenvalue weighted by molar-refractivity contribution is 5.99. The summed E-state index contributed by atoms with van der Waals surface area (Å²) in [6.45, 7) is 2.52. The van der Waals surface area contributed by atoms with Gasteiger partial charge >= 0.3 is 5.97 Å². The SMILES string of the molecule is O=C(O)CN1CCN(C(=O)c2cc3ccccc3n2Cc2ccc(F)cc2)CC1. The molecule has 1 saturated heterocycles. The molecule has 6 nitrogen and oxygen atoms in total. The Morgan fingerprint density at radius 1 is 0.966 bits per heavy atom. The maximum atomic E-state index is 13.3. The molecule has 3 aromatic rings. The van der Waals surface area contributed by atoms with Gasteiger partial charge in [-0.1, -0.05) is 30.3 Å². The van der Waals surface area contributed by atoms with Gasteiger partial charge in [-0.2, -0.15) is 0 Å². The van der Waals surface area contributed by atoms with Crippen molar-refractivity contribution in [2.75, 3.05) is 32.7 Å². The van der Waals surface area contributed by atoms with Crippen LogP contribution in [-0.2, 0) is 11.3 Å². The van der Waals surface area contributed by atoms with E-state index in [0.717, 1.165) is 16.5 Å². The second kappa shape index (κ2) is 8.05. The highest BCUT2D eigenvalue weighted by Gasteiger charge is 2.26. The fourth-order valence-electron chi connectivity index (χ4n) is 3.79. The first-order valence-corrected chi connectivity index (χ1v) is 9.57. The molecule has 1 N–H and O–H groups in total. The first-order valence-electron chi connectivity index (χ1n) is 9.57. The average molecular weight is 395 g/mol. The number of hydrogen-bond donors (Lipinski definition) is 1. The standard InChI is InChI=1S/C22H22FN3O3/c23-18-7-5-16(6-8-18)14-26-19-4-2-1-3-17(19)13-20(26)22(29)25-11-9-24(10-12-25)15-21(27)28/h1-8,13H,9-12,14-15H2,(H,27,28). The third-order valence-corrected chi connectivity index (χ3v) is 5.30. The molecule has 1 aliphatic heterocycles. The molecule has 1 aromatic heterocycles. The first kappa shape index (κ1) is 19.1. The van der Waals surface area contributed by atoms with Gasteiger partial charge in [0.25, 0.3) is 5.91 Å². The summed E-state index contributed by atoms with van der Waals surface area (Å²) in [5.74, 6) is -1.22. The van der Waals surface area contributed by atoms with Gasteiger partial charge in [0, 0.05) is 43.6 Å². The predicted octanol–water partition coefficient (Wildman–Crippen LogP) is 2.67. The maximum absolute atomic E-state index is 13.3. The molecule has 150 valence electrons. The molecule has 2 aromatic carbocycles. The molecule has 0 spiro atoms. The van der Waals surface area contributed by atoms with Crippen LogP contribution in [0.25, 0.3) is 10.9 Å². The summed E-state index contributed by atoms with van der Waals surface area (Å²) in [4.78, 5) is 27.8.